The fourth-order valence-electron chi connectivity index (χ4n) is 4.36. The molecule has 0 saturated carbocycles. The Balaban J connectivity index is 2.38. The lowest BCUT2D eigenvalue weighted by Crippen LogP contribution is -2.50. The van der Waals surface area contributed by atoms with Gasteiger partial charge < -0.3 is 20.1 Å². The number of nitrogens with zero attached hydrogens (tertiary/aromatic N) is 5. The van der Waals surface area contributed by atoms with E-state index in [4.69, 9.17) is 15.2 Å². The van der Waals surface area contributed by atoms with Crippen LogP contribution in [0, 0.1) is 11.3 Å². The van der Waals surface area contributed by atoms with E-state index in [0.717, 1.165) is 12.5 Å². The van der Waals surface area contributed by atoms with Crippen molar-refractivity contribution in [1.82, 2.24) is 19.7 Å². The first-order valence-corrected chi connectivity index (χ1v) is 11.8. The number of anilines is 1. The summed E-state index contributed by atoms with van der Waals surface area (Å²) < 4.78 is 41.5. The molecule has 0 saturated heterocycles. The van der Waals surface area contributed by atoms with Crippen molar-refractivity contribution < 1.29 is 23.0 Å². The average molecular weight is 519 g/mol. The third-order valence-electron chi connectivity index (χ3n) is 6.58. The Morgan fingerprint density at radius 2 is 2.00 bits per heavy atom. The van der Waals surface area contributed by atoms with E-state index in [1.165, 1.54) is 24.2 Å². The standard InChI is InChI=1S/C26H36F2N6O3/c1-8-18(3)26(9-2,25(4,27)28)16-33(5)17-30-22(12-13-35)34-23(31-24(29)32-34)15-19-10-11-20(36-6)21(14-19)37-7/h8,10-14,17-18H,1,9,15-16H2,2-7H3,(H2,29,32)/b22-12+,30-17?. The molecule has 37 heavy (non-hydrogen) atoms. The largest absolute Gasteiger partial charge is 0.493 e. The molecule has 2 N–H and O–H groups in total. The first-order chi connectivity index (χ1) is 17.5. The highest BCUT2D eigenvalue weighted by Crippen LogP contribution is 2.46. The van der Waals surface area contributed by atoms with E-state index in [-0.39, 0.29) is 24.7 Å². The van der Waals surface area contributed by atoms with E-state index in [0.29, 0.717) is 30.0 Å². The Morgan fingerprint density at radius 1 is 1.32 bits per heavy atom. The van der Waals surface area contributed by atoms with Crippen LogP contribution in [-0.4, -0.2) is 66.0 Å². The van der Waals surface area contributed by atoms with Gasteiger partial charge in [0, 0.05) is 26.1 Å². The van der Waals surface area contributed by atoms with Crippen molar-refractivity contribution in [2.45, 2.75) is 39.5 Å². The van der Waals surface area contributed by atoms with Crippen LogP contribution in [0.15, 0.2) is 41.9 Å². The van der Waals surface area contributed by atoms with Gasteiger partial charge in [0.05, 0.1) is 26.0 Å². The highest BCUT2D eigenvalue weighted by atomic mass is 19.3. The summed E-state index contributed by atoms with van der Waals surface area (Å²) in [6, 6.07) is 5.40. The predicted octanol–water partition coefficient (Wildman–Crippen LogP) is 4.30. The summed E-state index contributed by atoms with van der Waals surface area (Å²) in [6.07, 6.45) is 5.21. The van der Waals surface area contributed by atoms with Gasteiger partial charge in [-0.25, -0.2) is 13.8 Å². The molecule has 202 valence electrons. The number of aldehydes is 1. The first-order valence-electron chi connectivity index (χ1n) is 11.8. The van der Waals surface area contributed by atoms with Crippen molar-refractivity contribution in [2.24, 2.45) is 16.3 Å². The lowest BCUT2D eigenvalue weighted by atomic mass is 9.69. The monoisotopic (exact) mass is 518 g/mol. The number of aliphatic imine (C=N–C) groups is 1. The van der Waals surface area contributed by atoms with Crippen molar-refractivity contribution in [1.29, 1.82) is 0 Å². The molecule has 0 bridgehead atoms. The van der Waals surface area contributed by atoms with Gasteiger partial charge in [-0.1, -0.05) is 26.0 Å². The summed E-state index contributed by atoms with van der Waals surface area (Å²) in [7, 11) is 4.73. The first kappa shape index (κ1) is 29.5. The predicted molar refractivity (Wildman–Crippen MR) is 141 cm³/mol. The van der Waals surface area contributed by atoms with Gasteiger partial charge in [-0.15, -0.1) is 11.7 Å². The van der Waals surface area contributed by atoms with Crippen molar-refractivity contribution in [3.63, 3.8) is 0 Å². The summed E-state index contributed by atoms with van der Waals surface area (Å²) in [5, 5.41) is 4.19. The molecule has 0 aliphatic heterocycles. The zero-order valence-electron chi connectivity index (χ0n) is 22.2. The maximum Gasteiger partial charge on any atom is 0.253 e. The molecule has 1 heterocycles. The van der Waals surface area contributed by atoms with Crippen molar-refractivity contribution in [3.05, 3.63) is 48.3 Å². The smallest absolute Gasteiger partial charge is 0.253 e. The second-order valence-electron chi connectivity index (χ2n) is 8.91. The van der Waals surface area contributed by atoms with E-state index in [1.54, 1.807) is 51.1 Å². The number of allylic oxidation sites excluding steroid dienone is 2. The molecule has 2 unspecified atom stereocenters. The molecule has 2 aromatic rings. The van der Waals surface area contributed by atoms with E-state index in [2.05, 4.69) is 21.7 Å². The van der Waals surface area contributed by atoms with Crippen molar-refractivity contribution in [2.75, 3.05) is 33.5 Å². The van der Waals surface area contributed by atoms with Crippen molar-refractivity contribution in [3.8, 4) is 11.5 Å². The van der Waals surface area contributed by atoms with Gasteiger partial charge in [0.1, 0.15) is 12.1 Å². The van der Waals surface area contributed by atoms with Gasteiger partial charge in [0.2, 0.25) is 5.95 Å². The van der Waals surface area contributed by atoms with Crippen LogP contribution in [0.1, 0.15) is 38.6 Å². The summed E-state index contributed by atoms with van der Waals surface area (Å²) >= 11 is 0. The lowest BCUT2D eigenvalue weighted by Gasteiger charge is -2.43. The fraction of sp³-hybridized carbons (Fsp3) is 0.462. The Bertz CT molecular complexity index is 1140. The van der Waals surface area contributed by atoms with Crippen LogP contribution in [0.2, 0.25) is 0 Å². The maximum atomic E-state index is 14.8. The minimum Gasteiger partial charge on any atom is -0.493 e. The molecule has 0 spiro atoms. The minimum atomic E-state index is -2.97. The number of hydrogen-bond donors (Lipinski definition) is 1. The molecular weight excluding hydrogens is 482 g/mol. The van der Waals surface area contributed by atoms with Gasteiger partial charge >= 0.3 is 0 Å². The molecule has 0 aliphatic rings. The SMILES string of the molecule is C=CC(C)C(CC)(CN(C)C=N/C(=C\C=O)n1nc(N)nc1Cc1ccc(OC)c(OC)c1)C(C)(F)F. The summed E-state index contributed by atoms with van der Waals surface area (Å²) in [6.45, 7) is 8.13. The fourth-order valence-corrected chi connectivity index (χ4v) is 4.36. The van der Waals surface area contributed by atoms with Crippen LogP contribution in [0.5, 0.6) is 11.5 Å². The third-order valence-corrected chi connectivity index (χ3v) is 6.58. The van der Waals surface area contributed by atoms with Gasteiger partial charge in [0.25, 0.3) is 5.92 Å². The third kappa shape index (κ3) is 6.72. The van der Waals surface area contributed by atoms with E-state index < -0.39 is 17.3 Å². The van der Waals surface area contributed by atoms with Gasteiger partial charge in [-0.05, 0) is 37.0 Å². The molecule has 2 atom stereocenters. The topological polar surface area (TPSA) is 108 Å². The second-order valence-corrected chi connectivity index (χ2v) is 8.91. The lowest BCUT2D eigenvalue weighted by molar-refractivity contribution is -0.133. The number of rotatable bonds is 14. The Labute approximate surface area is 216 Å². The number of hydrogen-bond acceptors (Lipinski definition) is 7. The van der Waals surface area contributed by atoms with Gasteiger partial charge in [-0.2, -0.15) is 9.67 Å². The minimum absolute atomic E-state index is 0.00809. The zero-order valence-corrected chi connectivity index (χ0v) is 22.2. The number of alkyl halides is 2. The number of ether oxygens (including phenoxy) is 2. The molecule has 0 radical (unpaired) electrons. The Kier molecular flexibility index (Phi) is 9.93. The summed E-state index contributed by atoms with van der Waals surface area (Å²) in [5.41, 5.74) is 5.33. The highest BCUT2D eigenvalue weighted by molar-refractivity contribution is 5.77. The molecule has 1 aromatic heterocycles. The van der Waals surface area contributed by atoms with Gasteiger partial charge in [0.15, 0.2) is 17.3 Å². The van der Waals surface area contributed by atoms with E-state index in [1.807, 2.05) is 6.07 Å². The Hall–Kier alpha value is -3.76. The average Bonchev–Trinajstić information content (AvgIpc) is 3.23. The molecule has 9 nitrogen and oxygen atoms in total. The molecule has 0 amide bonds. The quantitative estimate of drug-likeness (QED) is 0.131. The number of nitrogens with two attached hydrogens (primary N) is 1. The number of carbonyl (C=O) groups is 1. The molecule has 11 heteroatoms. The van der Waals surface area contributed by atoms with Crippen LogP contribution in [0.4, 0.5) is 14.7 Å². The molecule has 1 aromatic carbocycles. The van der Waals surface area contributed by atoms with Crippen LogP contribution in [0.25, 0.3) is 5.82 Å². The number of methoxy groups -OCH3 is 2. The van der Waals surface area contributed by atoms with E-state index in [9.17, 15) is 13.6 Å². The zero-order chi connectivity index (χ0) is 27.8. The van der Waals surface area contributed by atoms with E-state index >= 15 is 0 Å². The number of benzene rings is 1. The summed E-state index contributed by atoms with van der Waals surface area (Å²) in [4.78, 5) is 21.6. The molecule has 2 rings (SSSR count). The normalized spacial score (nSPS) is 14.8. The van der Waals surface area contributed by atoms with Crippen molar-refractivity contribution >= 4 is 24.4 Å². The second kappa shape index (κ2) is 12.5. The molecular formula is C26H36F2N6O3. The number of carbonyl (C=O) groups excluding carboxylic acids is 1. The van der Waals surface area contributed by atoms with Crippen LogP contribution in [0.3, 0.4) is 0 Å². The van der Waals surface area contributed by atoms with Crippen LogP contribution < -0.4 is 15.2 Å². The van der Waals surface area contributed by atoms with Crippen LogP contribution >= 0.6 is 0 Å². The number of nitrogen functional groups attached to an aromatic ring is 1. The summed E-state index contributed by atoms with van der Waals surface area (Å²) in [5.74, 6) is -1.76. The Morgan fingerprint density at radius 3 is 2.54 bits per heavy atom. The van der Waals surface area contributed by atoms with Gasteiger partial charge in [-0.3, -0.25) is 4.79 Å². The highest BCUT2D eigenvalue weighted by Gasteiger charge is 2.51. The number of halogens is 2. The number of aromatic nitrogens is 3. The molecule has 0 aliphatic carbocycles. The maximum absolute atomic E-state index is 14.8. The van der Waals surface area contributed by atoms with Crippen LogP contribution in [-0.2, 0) is 11.2 Å². The molecule has 0 fully saturated rings.